The van der Waals surface area contributed by atoms with Crippen LogP contribution in [0.5, 0.6) is 0 Å². The Morgan fingerprint density at radius 1 is 1.42 bits per heavy atom. The van der Waals surface area contributed by atoms with Crippen molar-refractivity contribution in [1.29, 1.82) is 0 Å². The average molecular weight is 278 g/mol. The zero-order chi connectivity index (χ0) is 14.0. The number of amides is 1. The van der Waals surface area contributed by atoms with Gasteiger partial charge in [0.15, 0.2) is 0 Å². The van der Waals surface area contributed by atoms with Crippen molar-refractivity contribution < 1.29 is 13.6 Å². The fourth-order valence-electron chi connectivity index (χ4n) is 1.69. The molecule has 2 aromatic rings. The van der Waals surface area contributed by atoms with Crippen LogP contribution in [0.3, 0.4) is 0 Å². The molecule has 0 aliphatic rings. The Morgan fingerprint density at radius 3 is 2.74 bits per heavy atom. The summed E-state index contributed by atoms with van der Waals surface area (Å²) in [6, 6.07) is 5.76. The van der Waals surface area contributed by atoms with Crippen LogP contribution < -0.4 is 11.1 Å². The van der Waals surface area contributed by atoms with Gasteiger partial charge in [0, 0.05) is 0 Å². The standard InChI is InChI=1S/C13H11FN2O2S/c1-7-8(5-6-18-7)13(17)16-10-4-2-3-9(14)11(10)12(15)19/h2-6H,1H3,(H2,15,19)(H,16,17). The number of furan rings is 1. The summed E-state index contributed by atoms with van der Waals surface area (Å²) in [6.45, 7) is 1.66. The highest BCUT2D eigenvalue weighted by Gasteiger charge is 2.16. The molecule has 6 heteroatoms. The lowest BCUT2D eigenvalue weighted by atomic mass is 10.1. The zero-order valence-corrected chi connectivity index (χ0v) is 10.9. The van der Waals surface area contributed by atoms with Crippen LogP contribution in [0.2, 0.25) is 0 Å². The van der Waals surface area contributed by atoms with Gasteiger partial charge >= 0.3 is 0 Å². The van der Waals surface area contributed by atoms with E-state index in [2.05, 4.69) is 5.32 Å². The van der Waals surface area contributed by atoms with Crippen LogP contribution in [0.1, 0.15) is 21.7 Å². The van der Waals surface area contributed by atoms with Crippen LogP contribution in [0, 0.1) is 12.7 Å². The molecule has 1 heterocycles. The van der Waals surface area contributed by atoms with Gasteiger partial charge in [-0.1, -0.05) is 18.3 Å². The first kappa shape index (κ1) is 13.2. The Morgan fingerprint density at radius 2 is 2.16 bits per heavy atom. The fourth-order valence-corrected chi connectivity index (χ4v) is 1.90. The lowest BCUT2D eigenvalue weighted by Gasteiger charge is -2.10. The molecule has 19 heavy (non-hydrogen) atoms. The molecule has 1 amide bonds. The minimum absolute atomic E-state index is 0.0204. The number of aryl methyl sites for hydroxylation is 1. The summed E-state index contributed by atoms with van der Waals surface area (Å²) in [4.78, 5) is 11.9. The van der Waals surface area contributed by atoms with E-state index >= 15 is 0 Å². The number of anilines is 1. The second kappa shape index (κ2) is 5.19. The van der Waals surface area contributed by atoms with Gasteiger partial charge in [0.2, 0.25) is 0 Å². The predicted octanol–water partition coefficient (Wildman–Crippen LogP) is 2.61. The summed E-state index contributed by atoms with van der Waals surface area (Å²) in [7, 11) is 0. The molecule has 3 N–H and O–H groups in total. The zero-order valence-electron chi connectivity index (χ0n) is 10.1. The van der Waals surface area contributed by atoms with E-state index < -0.39 is 11.7 Å². The molecule has 98 valence electrons. The van der Waals surface area contributed by atoms with Gasteiger partial charge in [0.25, 0.3) is 5.91 Å². The number of nitrogens with two attached hydrogens (primary N) is 1. The van der Waals surface area contributed by atoms with Crippen molar-refractivity contribution in [2.24, 2.45) is 5.73 Å². The van der Waals surface area contributed by atoms with E-state index in [9.17, 15) is 9.18 Å². The summed E-state index contributed by atoms with van der Waals surface area (Å²) in [5, 5.41) is 2.57. The SMILES string of the molecule is Cc1occc1C(=O)Nc1cccc(F)c1C(N)=S. The Bertz CT molecular complexity index is 652. The van der Waals surface area contributed by atoms with Crippen LogP contribution in [-0.2, 0) is 0 Å². The predicted molar refractivity (Wildman–Crippen MR) is 73.7 cm³/mol. The molecule has 2 rings (SSSR count). The second-order valence-electron chi connectivity index (χ2n) is 3.87. The third-order valence-corrected chi connectivity index (χ3v) is 2.82. The molecular formula is C13H11FN2O2S. The molecule has 0 atom stereocenters. The van der Waals surface area contributed by atoms with Crippen molar-refractivity contribution in [3.05, 3.63) is 53.2 Å². The number of rotatable bonds is 3. The first-order valence-corrected chi connectivity index (χ1v) is 5.85. The van der Waals surface area contributed by atoms with Crippen molar-refractivity contribution in [1.82, 2.24) is 0 Å². The molecule has 0 unspecified atom stereocenters. The summed E-state index contributed by atoms with van der Waals surface area (Å²) in [5.41, 5.74) is 6.09. The highest BCUT2D eigenvalue weighted by atomic mass is 32.1. The minimum Gasteiger partial charge on any atom is -0.469 e. The van der Waals surface area contributed by atoms with Crippen LogP contribution >= 0.6 is 12.2 Å². The van der Waals surface area contributed by atoms with Gasteiger partial charge in [-0.05, 0) is 25.1 Å². The number of nitrogens with one attached hydrogen (secondary N) is 1. The molecule has 0 aliphatic heterocycles. The lowest BCUT2D eigenvalue weighted by molar-refractivity contribution is 0.102. The second-order valence-corrected chi connectivity index (χ2v) is 4.31. The molecule has 0 radical (unpaired) electrons. The van der Waals surface area contributed by atoms with Crippen LogP contribution in [0.4, 0.5) is 10.1 Å². The molecule has 1 aromatic heterocycles. The molecule has 1 aromatic carbocycles. The van der Waals surface area contributed by atoms with Crippen molar-refractivity contribution in [3.8, 4) is 0 Å². The molecule has 0 aliphatic carbocycles. The molecular weight excluding hydrogens is 267 g/mol. The summed E-state index contributed by atoms with van der Waals surface area (Å²) in [6.07, 6.45) is 1.41. The minimum atomic E-state index is -0.575. The van der Waals surface area contributed by atoms with Crippen molar-refractivity contribution >= 4 is 28.8 Å². The maximum absolute atomic E-state index is 13.6. The highest BCUT2D eigenvalue weighted by Crippen LogP contribution is 2.20. The summed E-state index contributed by atoms with van der Waals surface area (Å²) in [5.74, 6) is -0.505. The van der Waals surface area contributed by atoms with Gasteiger partial charge in [-0.3, -0.25) is 4.79 Å². The third-order valence-electron chi connectivity index (χ3n) is 2.61. The average Bonchev–Trinajstić information content (AvgIpc) is 2.75. The van der Waals surface area contributed by atoms with Gasteiger partial charge < -0.3 is 15.5 Å². The number of carbonyl (C=O) groups is 1. The van der Waals surface area contributed by atoms with E-state index in [1.807, 2.05) is 0 Å². The van der Waals surface area contributed by atoms with E-state index in [0.29, 0.717) is 11.3 Å². The number of carbonyl (C=O) groups excluding carboxylic acids is 1. The molecule has 0 fully saturated rings. The normalized spacial score (nSPS) is 10.2. The van der Waals surface area contributed by atoms with E-state index in [1.54, 1.807) is 6.92 Å². The number of halogens is 1. The number of benzene rings is 1. The van der Waals surface area contributed by atoms with Crippen LogP contribution in [-0.4, -0.2) is 10.9 Å². The van der Waals surface area contributed by atoms with Crippen LogP contribution in [0.25, 0.3) is 0 Å². The van der Waals surface area contributed by atoms with Crippen molar-refractivity contribution in [3.63, 3.8) is 0 Å². The quantitative estimate of drug-likeness (QED) is 0.847. The fraction of sp³-hybridized carbons (Fsp3) is 0.0769. The molecule has 0 spiro atoms. The largest absolute Gasteiger partial charge is 0.469 e. The van der Waals surface area contributed by atoms with Gasteiger partial charge in [0.1, 0.15) is 16.6 Å². The maximum atomic E-state index is 13.6. The monoisotopic (exact) mass is 278 g/mol. The van der Waals surface area contributed by atoms with E-state index in [0.717, 1.165) is 0 Å². The molecule has 0 saturated carbocycles. The number of hydrogen-bond donors (Lipinski definition) is 2. The first-order chi connectivity index (χ1) is 9.00. The Kier molecular flexibility index (Phi) is 3.62. The topological polar surface area (TPSA) is 68.3 Å². The van der Waals surface area contributed by atoms with Gasteiger partial charge in [0.05, 0.1) is 23.1 Å². The van der Waals surface area contributed by atoms with Crippen molar-refractivity contribution in [2.75, 3.05) is 5.32 Å². The first-order valence-electron chi connectivity index (χ1n) is 5.44. The van der Waals surface area contributed by atoms with Crippen LogP contribution in [0.15, 0.2) is 34.9 Å². The Balaban J connectivity index is 2.35. The maximum Gasteiger partial charge on any atom is 0.259 e. The molecule has 4 nitrogen and oxygen atoms in total. The smallest absolute Gasteiger partial charge is 0.259 e. The number of thiocarbonyl (C=S) groups is 1. The molecule has 0 bridgehead atoms. The Hall–Kier alpha value is -2.21. The van der Waals surface area contributed by atoms with Gasteiger partial charge in [-0.2, -0.15) is 0 Å². The molecule has 0 saturated heterocycles. The Labute approximate surface area is 114 Å². The third kappa shape index (κ3) is 2.63. The number of hydrogen-bond acceptors (Lipinski definition) is 3. The van der Waals surface area contributed by atoms with E-state index in [1.165, 1.54) is 30.5 Å². The van der Waals surface area contributed by atoms with Gasteiger partial charge in [-0.15, -0.1) is 0 Å². The van der Waals surface area contributed by atoms with E-state index in [-0.39, 0.29) is 16.2 Å². The summed E-state index contributed by atoms with van der Waals surface area (Å²) >= 11 is 4.78. The van der Waals surface area contributed by atoms with E-state index in [4.69, 9.17) is 22.4 Å². The van der Waals surface area contributed by atoms with Gasteiger partial charge in [-0.25, -0.2) is 4.39 Å². The van der Waals surface area contributed by atoms with Crippen molar-refractivity contribution in [2.45, 2.75) is 6.92 Å². The summed E-state index contributed by atoms with van der Waals surface area (Å²) < 4.78 is 18.7. The lowest BCUT2D eigenvalue weighted by Crippen LogP contribution is -2.19. The highest BCUT2D eigenvalue weighted by molar-refractivity contribution is 7.80.